The average molecular weight is 214 g/mol. The Bertz CT molecular complexity index is 210. The van der Waals surface area contributed by atoms with Crippen LogP contribution < -0.4 is 5.32 Å². The van der Waals surface area contributed by atoms with Gasteiger partial charge in [-0.05, 0) is 40.7 Å². The molecule has 0 spiro atoms. The smallest absolute Gasteiger partial charge is 0.242 e. The highest BCUT2D eigenvalue weighted by Gasteiger charge is 2.31. The second kappa shape index (κ2) is 5.50. The van der Waals surface area contributed by atoms with Crippen LogP contribution in [-0.2, 0) is 4.79 Å². The van der Waals surface area contributed by atoms with Crippen molar-refractivity contribution >= 4 is 5.91 Å². The Hall–Kier alpha value is -0.570. The van der Waals surface area contributed by atoms with Gasteiger partial charge in [-0.3, -0.25) is 4.79 Å². The molecule has 1 N–H and O–H groups in total. The lowest BCUT2D eigenvalue weighted by Crippen LogP contribution is -2.55. The van der Waals surface area contributed by atoms with Gasteiger partial charge in [0.05, 0.1) is 5.54 Å². The van der Waals surface area contributed by atoms with Crippen LogP contribution in [0.15, 0.2) is 0 Å². The molecule has 15 heavy (non-hydrogen) atoms. The minimum absolute atomic E-state index is 0.175. The number of nitrogens with one attached hydrogen (secondary N) is 1. The van der Waals surface area contributed by atoms with Crippen molar-refractivity contribution in [2.24, 2.45) is 5.92 Å². The van der Waals surface area contributed by atoms with Crippen LogP contribution in [0.2, 0.25) is 0 Å². The molecule has 0 aromatic heterocycles. The van der Waals surface area contributed by atoms with E-state index in [-0.39, 0.29) is 11.9 Å². The fourth-order valence-electron chi connectivity index (χ4n) is 1.39. The van der Waals surface area contributed by atoms with E-state index in [1.54, 1.807) is 0 Å². The Morgan fingerprint density at radius 2 is 1.73 bits per heavy atom. The summed E-state index contributed by atoms with van der Waals surface area (Å²) in [6, 6.07) is 0.257. The summed E-state index contributed by atoms with van der Waals surface area (Å²) in [6.45, 7) is 13.1. The van der Waals surface area contributed by atoms with E-state index in [4.69, 9.17) is 0 Å². The molecule has 3 nitrogen and oxygen atoms in total. The van der Waals surface area contributed by atoms with Gasteiger partial charge >= 0.3 is 0 Å². The molecule has 0 aromatic carbocycles. The summed E-state index contributed by atoms with van der Waals surface area (Å²) < 4.78 is 0. The first-order valence-electron chi connectivity index (χ1n) is 5.72. The van der Waals surface area contributed by atoms with Crippen molar-refractivity contribution < 1.29 is 4.79 Å². The number of nitrogens with zero attached hydrogens (tertiary/aromatic N) is 1. The van der Waals surface area contributed by atoms with E-state index >= 15 is 0 Å². The van der Waals surface area contributed by atoms with Crippen LogP contribution in [0.4, 0.5) is 0 Å². The van der Waals surface area contributed by atoms with Gasteiger partial charge in [-0.25, -0.2) is 0 Å². The maximum Gasteiger partial charge on any atom is 0.242 e. The van der Waals surface area contributed by atoms with Crippen molar-refractivity contribution in [1.29, 1.82) is 0 Å². The summed E-state index contributed by atoms with van der Waals surface area (Å²) in [6.07, 6.45) is 0. The fraction of sp³-hybridized carbons (Fsp3) is 0.917. The number of hydrogen-bond acceptors (Lipinski definition) is 2. The van der Waals surface area contributed by atoms with E-state index in [2.05, 4.69) is 33.0 Å². The Balaban J connectivity index is 4.71. The van der Waals surface area contributed by atoms with Gasteiger partial charge in [0.1, 0.15) is 0 Å². The van der Waals surface area contributed by atoms with Crippen LogP contribution in [0.25, 0.3) is 0 Å². The van der Waals surface area contributed by atoms with E-state index < -0.39 is 5.54 Å². The lowest BCUT2D eigenvalue weighted by molar-refractivity contribution is -0.139. The van der Waals surface area contributed by atoms with Crippen LogP contribution >= 0.6 is 0 Å². The number of amides is 1. The first-order valence-corrected chi connectivity index (χ1v) is 5.72. The summed E-state index contributed by atoms with van der Waals surface area (Å²) in [5, 5.41) is 3.06. The van der Waals surface area contributed by atoms with E-state index in [9.17, 15) is 4.79 Å². The molecule has 0 aliphatic rings. The van der Waals surface area contributed by atoms with Gasteiger partial charge < -0.3 is 10.2 Å². The third kappa shape index (κ3) is 4.20. The maximum absolute atomic E-state index is 12.2. The zero-order valence-electron chi connectivity index (χ0n) is 11.2. The normalized spacial score (nSPS) is 12.3. The highest BCUT2D eigenvalue weighted by Crippen LogP contribution is 2.12. The number of hydrogen-bond donors (Lipinski definition) is 1. The van der Waals surface area contributed by atoms with Gasteiger partial charge in [-0.2, -0.15) is 0 Å². The number of carbonyl (C=O) groups is 1. The highest BCUT2D eigenvalue weighted by atomic mass is 16.2. The summed E-state index contributed by atoms with van der Waals surface area (Å²) in [7, 11) is 1.83. The minimum Gasteiger partial charge on any atom is -0.338 e. The lowest BCUT2D eigenvalue weighted by atomic mass is 10.0. The third-order valence-corrected chi connectivity index (χ3v) is 2.61. The summed E-state index contributed by atoms with van der Waals surface area (Å²) in [5.74, 6) is 0.678. The zero-order chi connectivity index (χ0) is 12.2. The largest absolute Gasteiger partial charge is 0.338 e. The van der Waals surface area contributed by atoms with Gasteiger partial charge in [0.15, 0.2) is 0 Å². The van der Waals surface area contributed by atoms with E-state index in [1.165, 1.54) is 0 Å². The number of carbonyl (C=O) groups excluding carboxylic acids is 1. The summed E-state index contributed by atoms with van der Waals surface area (Å²) in [4.78, 5) is 14.2. The molecular formula is C12H26N2O. The zero-order valence-corrected chi connectivity index (χ0v) is 11.2. The van der Waals surface area contributed by atoms with E-state index in [1.807, 2.05) is 25.8 Å². The molecule has 0 atom stereocenters. The monoisotopic (exact) mass is 214 g/mol. The van der Waals surface area contributed by atoms with Crippen molar-refractivity contribution in [2.75, 3.05) is 13.6 Å². The standard InChI is InChI=1S/C12H26N2O/c1-9(2)8-14(10(3)4)11(15)12(5,6)13-7/h9-10,13H,8H2,1-7H3. The minimum atomic E-state index is -0.473. The molecule has 0 bridgehead atoms. The molecule has 0 radical (unpaired) electrons. The molecule has 1 amide bonds. The Morgan fingerprint density at radius 1 is 1.27 bits per heavy atom. The third-order valence-electron chi connectivity index (χ3n) is 2.61. The molecular weight excluding hydrogens is 188 g/mol. The predicted octanol–water partition coefficient (Wildman–Crippen LogP) is 1.88. The topological polar surface area (TPSA) is 32.3 Å². The second-order valence-electron chi connectivity index (χ2n) is 5.32. The molecule has 0 saturated heterocycles. The van der Waals surface area contributed by atoms with Crippen LogP contribution in [0.3, 0.4) is 0 Å². The molecule has 90 valence electrons. The van der Waals surface area contributed by atoms with Crippen molar-refractivity contribution in [3.05, 3.63) is 0 Å². The summed E-state index contributed by atoms with van der Waals surface area (Å²) in [5.41, 5.74) is -0.473. The predicted molar refractivity (Wildman–Crippen MR) is 64.8 cm³/mol. The average Bonchev–Trinajstić information content (AvgIpc) is 2.12. The molecule has 0 unspecified atom stereocenters. The first-order chi connectivity index (χ1) is 6.72. The molecule has 3 heteroatoms. The molecule has 0 heterocycles. The van der Waals surface area contributed by atoms with Gasteiger partial charge in [0.25, 0.3) is 0 Å². The van der Waals surface area contributed by atoms with Crippen LogP contribution in [0, 0.1) is 5.92 Å². The second-order valence-corrected chi connectivity index (χ2v) is 5.32. The molecule has 0 fully saturated rings. The van der Waals surface area contributed by atoms with E-state index in [0.29, 0.717) is 5.92 Å². The molecule has 0 rings (SSSR count). The highest BCUT2D eigenvalue weighted by molar-refractivity contribution is 5.85. The van der Waals surface area contributed by atoms with Gasteiger partial charge in [-0.1, -0.05) is 13.8 Å². The van der Waals surface area contributed by atoms with Crippen molar-refractivity contribution in [2.45, 2.75) is 53.1 Å². The quantitative estimate of drug-likeness (QED) is 0.758. The van der Waals surface area contributed by atoms with Crippen molar-refractivity contribution in [3.63, 3.8) is 0 Å². The number of likely N-dealkylation sites (N-methyl/N-ethyl adjacent to an activating group) is 1. The van der Waals surface area contributed by atoms with Crippen LogP contribution in [0.1, 0.15) is 41.5 Å². The van der Waals surface area contributed by atoms with Crippen molar-refractivity contribution in [1.82, 2.24) is 10.2 Å². The molecule has 0 aliphatic heterocycles. The Labute approximate surface area is 94.2 Å². The van der Waals surface area contributed by atoms with Crippen LogP contribution in [-0.4, -0.2) is 36.0 Å². The Morgan fingerprint density at radius 3 is 2.00 bits per heavy atom. The van der Waals surface area contributed by atoms with Gasteiger partial charge in [0, 0.05) is 12.6 Å². The SMILES string of the molecule is CNC(C)(C)C(=O)N(CC(C)C)C(C)C. The summed E-state index contributed by atoms with van der Waals surface area (Å²) >= 11 is 0. The molecule has 0 aliphatic carbocycles. The van der Waals surface area contributed by atoms with Gasteiger partial charge in [-0.15, -0.1) is 0 Å². The number of rotatable bonds is 5. The molecule has 0 saturated carbocycles. The van der Waals surface area contributed by atoms with Crippen LogP contribution in [0.5, 0.6) is 0 Å². The van der Waals surface area contributed by atoms with Crippen molar-refractivity contribution in [3.8, 4) is 0 Å². The first kappa shape index (κ1) is 14.4. The lowest BCUT2D eigenvalue weighted by Gasteiger charge is -2.35. The van der Waals surface area contributed by atoms with E-state index in [0.717, 1.165) is 6.54 Å². The molecule has 0 aromatic rings. The van der Waals surface area contributed by atoms with Gasteiger partial charge in [0.2, 0.25) is 5.91 Å². The fourth-order valence-corrected chi connectivity index (χ4v) is 1.39. The Kier molecular flexibility index (Phi) is 5.29. The maximum atomic E-state index is 12.2.